The molecule has 0 N–H and O–H groups in total. The average molecular weight is 800 g/mol. The van der Waals surface area contributed by atoms with Gasteiger partial charge >= 0.3 is 315 Å². The molecule has 0 aromatic heterocycles. The van der Waals surface area contributed by atoms with Crippen LogP contribution < -0.4 is 0 Å². The molecule has 4 aromatic carbocycles. The predicted molar refractivity (Wildman–Crippen MR) is 223 cm³/mol. The van der Waals surface area contributed by atoms with Gasteiger partial charge < -0.3 is 0 Å². The van der Waals surface area contributed by atoms with Gasteiger partial charge in [0.1, 0.15) is 0 Å². The fraction of sp³-hybridized carbons (Fsp3) is 0.391. The van der Waals surface area contributed by atoms with Crippen LogP contribution in [0.5, 0.6) is 0 Å². The van der Waals surface area contributed by atoms with Crippen LogP contribution in [-0.4, -0.2) is 5.92 Å². The summed E-state index contributed by atoms with van der Waals surface area (Å²) in [6.45, 7) is 18.9. The first-order chi connectivity index (χ1) is 23.9. The van der Waals surface area contributed by atoms with E-state index in [4.69, 9.17) is 17.0 Å². The molecule has 0 spiro atoms. The standard InChI is InChI=1S/2C22H25.C2H7Si.2ClH.Zr/c2*1-4-5-7-17-10-12-18(13-11-17)21-9-6-8-19-14-20(16(2)3)15-22(19)21;1-3-2;;;/h2*6,8-16H,4-5,7H2,1-3H3;3H,1-2H3;2*1H;/q;;;;;+2/p-2. The summed E-state index contributed by atoms with van der Waals surface area (Å²) in [4.78, 5) is 0. The fourth-order valence-corrected chi connectivity index (χ4v) is 40.4. The first kappa shape index (κ1) is 37.8. The molecule has 4 heteroatoms. The molecular formula is C46H57Cl2SiZr. The molecule has 0 saturated carbocycles. The van der Waals surface area contributed by atoms with Crippen LogP contribution in [0.25, 0.3) is 34.4 Å². The van der Waals surface area contributed by atoms with Gasteiger partial charge in [0.15, 0.2) is 0 Å². The van der Waals surface area contributed by atoms with Crippen molar-refractivity contribution in [2.75, 3.05) is 0 Å². The van der Waals surface area contributed by atoms with E-state index in [-0.39, 0.29) is 7.25 Å². The van der Waals surface area contributed by atoms with Gasteiger partial charge in [-0.1, -0.05) is 0 Å². The van der Waals surface area contributed by atoms with Gasteiger partial charge in [-0.15, -0.1) is 0 Å². The summed E-state index contributed by atoms with van der Waals surface area (Å²) in [6.07, 6.45) is 12.2. The number of hydrogen-bond acceptors (Lipinski definition) is 0. The van der Waals surface area contributed by atoms with Gasteiger partial charge in [0.2, 0.25) is 0 Å². The van der Waals surface area contributed by atoms with Crippen molar-refractivity contribution in [3.05, 3.63) is 129 Å². The van der Waals surface area contributed by atoms with Crippen LogP contribution >= 0.6 is 17.0 Å². The molecule has 2 aliphatic rings. The Kier molecular flexibility index (Phi) is 11.5. The number of unbranched alkanes of at least 4 members (excludes halogenated alkanes) is 2. The summed E-state index contributed by atoms with van der Waals surface area (Å²) < 4.78 is 0.176. The maximum atomic E-state index is 8.77. The minimum atomic E-state index is -4.88. The molecule has 0 amide bonds. The Morgan fingerprint density at radius 2 is 0.960 bits per heavy atom. The topological polar surface area (TPSA) is 0 Å². The Morgan fingerprint density at radius 1 is 0.580 bits per heavy atom. The number of benzene rings is 4. The third kappa shape index (κ3) is 6.70. The second kappa shape index (κ2) is 15.2. The summed E-state index contributed by atoms with van der Waals surface area (Å²) >= 11 is -4.88. The molecule has 0 saturated heterocycles. The van der Waals surface area contributed by atoms with Crippen LogP contribution in [0.15, 0.2) is 96.1 Å². The van der Waals surface area contributed by atoms with E-state index < -0.39 is 21.5 Å². The van der Waals surface area contributed by atoms with Crippen molar-refractivity contribution >= 4 is 35.1 Å². The summed E-state index contributed by atoms with van der Waals surface area (Å²) in [5.74, 6) is -0.961. The number of halogens is 2. The van der Waals surface area contributed by atoms with Gasteiger partial charge in [-0.25, -0.2) is 0 Å². The SMILES string of the molecule is CCCCc1ccc(-c2cccc3c2C=C(C(C)C)[CH]3[Zr]([Cl])([Cl])([CH]2C(C(C)C)=Cc3c(-c4ccc(CCCC)cc4)cccc32)[SiH](C)C)cc1. The molecule has 2 unspecified atom stereocenters. The predicted octanol–water partition coefficient (Wildman–Crippen LogP) is 14.6. The molecule has 50 heavy (non-hydrogen) atoms. The van der Waals surface area contributed by atoms with E-state index in [1.54, 1.807) is 0 Å². The number of allylic oxidation sites excluding steroid dienone is 2. The van der Waals surface area contributed by atoms with Crippen LogP contribution in [0.1, 0.15) is 108 Å². The molecule has 0 nitrogen and oxygen atoms in total. The Balaban J connectivity index is 1.51. The Labute approximate surface area is 312 Å². The normalized spacial score (nSPS) is 17.9. The van der Waals surface area contributed by atoms with Gasteiger partial charge in [-0.05, 0) is 0 Å². The third-order valence-corrected chi connectivity index (χ3v) is 63.6. The monoisotopic (exact) mass is 797 g/mol. The molecular weight excluding hydrogens is 743 g/mol. The molecule has 2 atom stereocenters. The average Bonchev–Trinajstić information content (AvgIpc) is 3.72. The molecule has 4 aromatic rings. The Bertz CT molecular complexity index is 1760. The van der Waals surface area contributed by atoms with Gasteiger partial charge in [-0.3, -0.25) is 0 Å². The van der Waals surface area contributed by atoms with E-state index in [1.165, 1.54) is 92.5 Å². The van der Waals surface area contributed by atoms with Crippen molar-refractivity contribution in [3.63, 3.8) is 0 Å². The Hall–Kier alpha value is -1.96. The second-order valence-corrected chi connectivity index (χ2v) is 58.6. The molecule has 263 valence electrons. The number of aryl methyl sites for hydroxylation is 2. The van der Waals surface area contributed by atoms with Crippen molar-refractivity contribution in [2.24, 2.45) is 11.8 Å². The summed E-state index contributed by atoms with van der Waals surface area (Å²) in [7, 11) is 17.5. The number of hydrogen-bond donors (Lipinski definition) is 0. The van der Waals surface area contributed by atoms with E-state index in [0.29, 0.717) is 11.8 Å². The van der Waals surface area contributed by atoms with Crippen molar-refractivity contribution < 1.29 is 15.6 Å². The summed E-state index contributed by atoms with van der Waals surface area (Å²) in [6, 6.07) is 32.5. The van der Waals surface area contributed by atoms with Crippen molar-refractivity contribution in [1.29, 1.82) is 0 Å². The molecule has 2 aliphatic carbocycles. The first-order valence-corrected chi connectivity index (χ1v) is 35.7. The second-order valence-electron chi connectivity index (χ2n) is 16.1. The van der Waals surface area contributed by atoms with Crippen molar-refractivity contribution in [2.45, 2.75) is 100 Å². The Morgan fingerprint density at radius 3 is 1.28 bits per heavy atom. The molecule has 0 radical (unpaired) electrons. The van der Waals surface area contributed by atoms with E-state index in [9.17, 15) is 0 Å². The van der Waals surface area contributed by atoms with E-state index in [2.05, 4.69) is 152 Å². The molecule has 0 fully saturated rings. The fourth-order valence-electron chi connectivity index (χ4n) is 8.88. The zero-order valence-electron chi connectivity index (χ0n) is 31.6. The van der Waals surface area contributed by atoms with E-state index in [1.807, 2.05) is 0 Å². The van der Waals surface area contributed by atoms with Crippen LogP contribution in [0, 0.1) is 11.8 Å². The van der Waals surface area contributed by atoms with Gasteiger partial charge in [0.05, 0.1) is 0 Å². The van der Waals surface area contributed by atoms with E-state index >= 15 is 0 Å². The van der Waals surface area contributed by atoms with Crippen molar-refractivity contribution in [3.8, 4) is 22.3 Å². The van der Waals surface area contributed by atoms with Crippen LogP contribution in [-0.2, 0) is 28.4 Å². The third-order valence-electron chi connectivity index (χ3n) is 11.9. The number of fused-ring (bicyclic) bond motifs is 2. The summed E-state index contributed by atoms with van der Waals surface area (Å²) in [5.41, 5.74) is 16.3. The van der Waals surface area contributed by atoms with Crippen molar-refractivity contribution in [1.82, 2.24) is 0 Å². The number of rotatable bonds is 13. The molecule has 6 rings (SSSR count). The van der Waals surface area contributed by atoms with E-state index in [0.717, 1.165) is 12.8 Å². The quantitative estimate of drug-likeness (QED) is 0.118. The van der Waals surface area contributed by atoms with Crippen LogP contribution in [0.4, 0.5) is 0 Å². The zero-order valence-corrected chi connectivity index (χ0v) is 36.7. The first-order valence-electron chi connectivity index (χ1n) is 19.3. The molecule has 0 heterocycles. The summed E-state index contributed by atoms with van der Waals surface area (Å²) in [5, 5.41) is 0. The minimum absolute atomic E-state index is 0.0878. The van der Waals surface area contributed by atoms with Gasteiger partial charge in [0.25, 0.3) is 0 Å². The van der Waals surface area contributed by atoms with Crippen LogP contribution in [0.3, 0.4) is 0 Å². The maximum absolute atomic E-state index is 8.77. The van der Waals surface area contributed by atoms with Crippen LogP contribution in [0.2, 0.25) is 13.1 Å². The van der Waals surface area contributed by atoms with Gasteiger partial charge in [0, 0.05) is 0 Å². The molecule has 0 aliphatic heterocycles. The van der Waals surface area contributed by atoms with Gasteiger partial charge in [-0.2, -0.15) is 0 Å². The zero-order chi connectivity index (χ0) is 35.8. The molecule has 0 bridgehead atoms.